The molecule has 1 heterocycles. The molecular weight excluding hydrogens is 188 g/mol. The minimum absolute atomic E-state index is 0.264. The van der Waals surface area contributed by atoms with Gasteiger partial charge in [0.25, 0.3) is 0 Å². The van der Waals surface area contributed by atoms with Gasteiger partial charge in [-0.15, -0.1) is 10.2 Å². The molecule has 2 unspecified atom stereocenters. The summed E-state index contributed by atoms with van der Waals surface area (Å²) in [5.41, 5.74) is 6.16. The van der Waals surface area contributed by atoms with Gasteiger partial charge in [-0.05, 0) is 26.7 Å². The summed E-state index contributed by atoms with van der Waals surface area (Å²) in [6.07, 6.45) is 6.63. The number of hydrogen-bond donors (Lipinski definition) is 1. The lowest BCUT2D eigenvalue weighted by molar-refractivity contribution is 0.358. The highest BCUT2D eigenvalue weighted by Gasteiger charge is 2.27. The van der Waals surface area contributed by atoms with Crippen molar-refractivity contribution in [3.05, 3.63) is 12.2 Å². The van der Waals surface area contributed by atoms with Gasteiger partial charge in [-0.3, -0.25) is 0 Å². The predicted molar refractivity (Wildman–Crippen MR) is 59.6 cm³/mol. The zero-order chi connectivity index (χ0) is 10.8. The van der Waals surface area contributed by atoms with Gasteiger partial charge < -0.3 is 10.3 Å². The van der Waals surface area contributed by atoms with Gasteiger partial charge in [-0.2, -0.15) is 0 Å². The minimum Gasteiger partial charge on any atom is -0.327 e. The molecule has 0 spiro atoms. The second-order valence-corrected chi connectivity index (χ2v) is 4.74. The van der Waals surface area contributed by atoms with E-state index in [2.05, 4.69) is 28.6 Å². The Morgan fingerprint density at radius 3 is 2.80 bits per heavy atom. The highest BCUT2D eigenvalue weighted by Crippen LogP contribution is 2.31. The molecule has 84 valence electrons. The normalized spacial score (nSPS) is 27.2. The minimum atomic E-state index is 0.264. The van der Waals surface area contributed by atoms with Gasteiger partial charge in [-0.1, -0.05) is 12.8 Å². The van der Waals surface area contributed by atoms with E-state index in [4.69, 9.17) is 5.73 Å². The fourth-order valence-electron chi connectivity index (χ4n) is 2.40. The molecule has 1 aliphatic carbocycles. The monoisotopic (exact) mass is 208 g/mol. The van der Waals surface area contributed by atoms with Gasteiger partial charge in [0.1, 0.15) is 12.2 Å². The van der Waals surface area contributed by atoms with Gasteiger partial charge in [-0.25, -0.2) is 0 Å². The first-order valence-corrected chi connectivity index (χ1v) is 5.85. The molecule has 0 bridgehead atoms. The third-order valence-electron chi connectivity index (χ3n) is 3.31. The van der Waals surface area contributed by atoms with Crippen molar-refractivity contribution in [2.24, 2.45) is 5.73 Å². The average Bonchev–Trinajstić information content (AvgIpc) is 2.67. The maximum absolute atomic E-state index is 6.16. The number of aromatic nitrogens is 3. The topological polar surface area (TPSA) is 56.7 Å². The molecule has 0 amide bonds. The van der Waals surface area contributed by atoms with E-state index in [0.29, 0.717) is 12.0 Å². The van der Waals surface area contributed by atoms with Crippen LogP contribution in [0.25, 0.3) is 0 Å². The lowest BCUT2D eigenvalue weighted by Crippen LogP contribution is -2.33. The van der Waals surface area contributed by atoms with Gasteiger partial charge in [0.05, 0.1) is 0 Å². The van der Waals surface area contributed by atoms with Crippen LogP contribution in [0.15, 0.2) is 6.33 Å². The summed E-state index contributed by atoms with van der Waals surface area (Å²) < 4.78 is 2.15. The number of nitrogens with zero attached hydrogens (tertiary/aromatic N) is 3. The Morgan fingerprint density at radius 1 is 1.40 bits per heavy atom. The van der Waals surface area contributed by atoms with Crippen molar-refractivity contribution in [1.82, 2.24) is 14.8 Å². The Balaban J connectivity index is 2.23. The van der Waals surface area contributed by atoms with Crippen molar-refractivity contribution in [3.8, 4) is 0 Å². The predicted octanol–water partition coefficient (Wildman–Crippen LogP) is 1.84. The Labute approximate surface area is 90.9 Å². The molecule has 1 aromatic heterocycles. The molecule has 1 fully saturated rings. The highest BCUT2D eigenvalue weighted by molar-refractivity contribution is 5.03. The van der Waals surface area contributed by atoms with E-state index in [1.807, 2.05) is 6.33 Å². The van der Waals surface area contributed by atoms with E-state index in [1.54, 1.807) is 0 Å². The first-order valence-electron chi connectivity index (χ1n) is 5.85. The molecule has 4 nitrogen and oxygen atoms in total. The first kappa shape index (κ1) is 10.6. The fourth-order valence-corrected chi connectivity index (χ4v) is 2.40. The van der Waals surface area contributed by atoms with Crippen molar-refractivity contribution in [3.63, 3.8) is 0 Å². The maximum atomic E-state index is 6.16. The Kier molecular flexibility index (Phi) is 3.05. The number of rotatable bonds is 2. The highest BCUT2D eigenvalue weighted by atomic mass is 15.3. The van der Waals surface area contributed by atoms with Gasteiger partial charge in [0, 0.05) is 18.0 Å². The van der Waals surface area contributed by atoms with Crippen LogP contribution in [-0.4, -0.2) is 20.8 Å². The van der Waals surface area contributed by atoms with Crippen LogP contribution in [0.2, 0.25) is 0 Å². The Hall–Kier alpha value is -0.900. The summed E-state index contributed by atoms with van der Waals surface area (Å²) in [7, 11) is 0. The summed E-state index contributed by atoms with van der Waals surface area (Å²) in [5, 5.41) is 8.25. The summed E-state index contributed by atoms with van der Waals surface area (Å²) in [4.78, 5) is 0. The van der Waals surface area contributed by atoms with Crippen molar-refractivity contribution in [2.45, 2.75) is 57.5 Å². The maximum Gasteiger partial charge on any atom is 0.137 e. The van der Waals surface area contributed by atoms with Crippen LogP contribution in [0.4, 0.5) is 0 Å². The molecule has 2 N–H and O–H groups in total. The largest absolute Gasteiger partial charge is 0.327 e. The van der Waals surface area contributed by atoms with Crippen LogP contribution in [0.5, 0.6) is 0 Å². The molecule has 2 atom stereocenters. The van der Waals surface area contributed by atoms with Gasteiger partial charge in [0.15, 0.2) is 0 Å². The molecule has 0 saturated heterocycles. The average molecular weight is 208 g/mol. The van der Waals surface area contributed by atoms with Crippen molar-refractivity contribution in [2.75, 3.05) is 0 Å². The zero-order valence-electron chi connectivity index (χ0n) is 9.56. The van der Waals surface area contributed by atoms with Crippen LogP contribution in [0, 0.1) is 0 Å². The van der Waals surface area contributed by atoms with Crippen LogP contribution in [-0.2, 0) is 0 Å². The second kappa shape index (κ2) is 4.31. The third kappa shape index (κ3) is 2.04. The molecule has 1 aliphatic rings. The van der Waals surface area contributed by atoms with Gasteiger partial charge >= 0.3 is 0 Å². The molecule has 0 aromatic carbocycles. The van der Waals surface area contributed by atoms with E-state index in [1.165, 1.54) is 12.8 Å². The zero-order valence-corrected chi connectivity index (χ0v) is 9.56. The van der Waals surface area contributed by atoms with Crippen molar-refractivity contribution in [1.29, 1.82) is 0 Å². The molecule has 0 radical (unpaired) electrons. The molecule has 1 aromatic rings. The summed E-state index contributed by atoms with van der Waals surface area (Å²) in [6, 6.07) is 0.685. The lowest BCUT2D eigenvalue weighted by Gasteiger charge is -2.28. The Bertz CT molecular complexity index is 318. The van der Waals surface area contributed by atoms with E-state index >= 15 is 0 Å². The van der Waals surface area contributed by atoms with E-state index in [9.17, 15) is 0 Å². The SMILES string of the molecule is CC(C)n1cnnc1C1CCCCC1N. The first-order chi connectivity index (χ1) is 7.20. The molecule has 2 rings (SSSR count). The quantitative estimate of drug-likeness (QED) is 0.807. The fraction of sp³-hybridized carbons (Fsp3) is 0.818. The number of nitrogens with two attached hydrogens (primary N) is 1. The van der Waals surface area contributed by atoms with Crippen molar-refractivity contribution >= 4 is 0 Å². The van der Waals surface area contributed by atoms with Gasteiger partial charge in [0.2, 0.25) is 0 Å². The van der Waals surface area contributed by atoms with Crippen LogP contribution in [0.3, 0.4) is 0 Å². The van der Waals surface area contributed by atoms with E-state index < -0.39 is 0 Å². The molecule has 15 heavy (non-hydrogen) atoms. The summed E-state index contributed by atoms with van der Waals surface area (Å²) >= 11 is 0. The molecular formula is C11H20N4. The van der Waals surface area contributed by atoms with Crippen LogP contribution in [0.1, 0.15) is 57.3 Å². The summed E-state index contributed by atoms with van der Waals surface area (Å²) in [5.74, 6) is 1.49. The van der Waals surface area contributed by atoms with E-state index in [0.717, 1.165) is 18.7 Å². The molecule has 4 heteroatoms. The van der Waals surface area contributed by atoms with Crippen LogP contribution < -0.4 is 5.73 Å². The molecule has 1 saturated carbocycles. The Morgan fingerprint density at radius 2 is 2.13 bits per heavy atom. The lowest BCUT2D eigenvalue weighted by atomic mass is 9.84. The van der Waals surface area contributed by atoms with Crippen molar-refractivity contribution < 1.29 is 0 Å². The number of hydrogen-bond acceptors (Lipinski definition) is 3. The van der Waals surface area contributed by atoms with E-state index in [-0.39, 0.29) is 6.04 Å². The summed E-state index contributed by atoms with van der Waals surface area (Å²) in [6.45, 7) is 4.31. The molecule has 0 aliphatic heterocycles. The second-order valence-electron chi connectivity index (χ2n) is 4.74. The van der Waals surface area contributed by atoms with Crippen LogP contribution >= 0.6 is 0 Å². The smallest absolute Gasteiger partial charge is 0.137 e. The standard InChI is InChI=1S/C11H20N4/c1-8(2)15-7-13-14-11(15)9-5-3-4-6-10(9)12/h7-10H,3-6,12H2,1-2H3. The third-order valence-corrected chi connectivity index (χ3v) is 3.31.